The minimum absolute atomic E-state index is 0.110. The molecule has 0 bridgehead atoms. The van der Waals surface area contributed by atoms with Gasteiger partial charge in [-0.25, -0.2) is 9.59 Å². The second-order valence-electron chi connectivity index (χ2n) is 7.88. The molecule has 12 heteroatoms. The van der Waals surface area contributed by atoms with Crippen LogP contribution in [0.4, 0.5) is 16.2 Å². The standard InChI is InChI=1S/C24H30N6O5S/c1-3-30-21(32)20(36-22(30)19(15-25)23(33)35-4-2)16-26-17-5-7-18(8-6-17)27-24(34)29-11-9-28(10-12-29)13-14-31/h5-8,16,26,31H,3-4,9-14H2,1-2H3,(H,27,34). The molecule has 11 nitrogen and oxygen atoms in total. The van der Waals surface area contributed by atoms with Crippen LogP contribution in [0.1, 0.15) is 13.8 Å². The minimum atomic E-state index is -0.757. The lowest BCUT2D eigenvalue weighted by Crippen LogP contribution is -2.50. The van der Waals surface area contributed by atoms with Crippen molar-refractivity contribution in [3.05, 3.63) is 43.8 Å². The number of esters is 1. The van der Waals surface area contributed by atoms with E-state index in [9.17, 15) is 19.6 Å². The lowest BCUT2D eigenvalue weighted by atomic mass is 10.2. The summed E-state index contributed by atoms with van der Waals surface area (Å²) in [4.78, 5) is 41.3. The molecule has 36 heavy (non-hydrogen) atoms. The number of aliphatic hydroxyl groups is 1. The van der Waals surface area contributed by atoms with Crippen molar-refractivity contribution in [3.63, 3.8) is 0 Å². The van der Waals surface area contributed by atoms with Gasteiger partial charge in [-0.3, -0.25) is 14.3 Å². The summed E-state index contributed by atoms with van der Waals surface area (Å²) in [7, 11) is 0. The number of aromatic nitrogens is 1. The molecular formula is C24H30N6O5S. The van der Waals surface area contributed by atoms with Crippen LogP contribution in [0.25, 0.3) is 11.8 Å². The number of carbonyl (C=O) groups excluding carboxylic acids is 2. The molecule has 0 atom stereocenters. The number of amides is 2. The monoisotopic (exact) mass is 514 g/mol. The first-order valence-electron chi connectivity index (χ1n) is 11.7. The van der Waals surface area contributed by atoms with Gasteiger partial charge in [0.15, 0.2) is 5.57 Å². The van der Waals surface area contributed by atoms with Crippen molar-refractivity contribution >= 4 is 46.5 Å². The Balaban J connectivity index is 1.70. The predicted octanol–water partition coefficient (Wildman–Crippen LogP) is 0.159. The number of benzene rings is 1. The van der Waals surface area contributed by atoms with Crippen molar-refractivity contribution in [2.45, 2.75) is 20.4 Å². The molecule has 1 fully saturated rings. The number of rotatable bonds is 8. The van der Waals surface area contributed by atoms with Crippen LogP contribution >= 0.6 is 11.3 Å². The van der Waals surface area contributed by atoms with Gasteiger partial charge >= 0.3 is 12.0 Å². The number of nitrogens with zero attached hydrogens (tertiary/aromatic N) is 4. The highest BCUT2D eigenvalue weighted by Crippen LogP contribution is 2.14. The van der Waals surface area contributed by atoms with Gasteiger partial charge in [-0.1, -0.05) is 0 Å². The summed E-state index contributed by atoms with van der Waals surface area (Å²) in [5.41, 5.74) is 0.816. The van der Waals surface area contributed by atoms with E-state index in [1.807, 2.05) is 6.07 Å². The SMILES string of the molecule is CCOC(=O)C(C#N)=c1sc(=CNc2ccc(NC(=O)N3CCN(CCO)CC3)cc2)c(=O)n1CC. The van der Waals surface area contributed by atoms with E-state index in [1.54, 1.807) is 43.0 Å². The van der Waals surface area contributed by atoms with Gasteiger partial charge in [0.2, 0.25) is 0 Å². The van der Waals surface area contributed by atoms with Gasteiger partial charge in [0.25, 0.3) is 5.56 Å². The highest BCUT2D eigenvalue weighted by Gasteiger charge is 2.20. The Morgan fingerprint density at radius 3 is 2.42 bits per heavy atom. The lowest BCUT2D eigenvalue weighted by molar-refractivity contribution is -0.136. The van der Waals surface area contributed by atoms with Crippen LogP contribution in [0.2, 0.25) is 0 Å². The van der Waals surface area contributed by atoms with Crippen LogP contribution in [0, 0.1) is 11.3 Å². The second-order valence-corrected chi connectivity index (χ2v) is 8.91. The van der Waals surface area contributed by atoms with E-state index >= 15 is 0 Å². The van der Waals surface area contributed by atoms with Crippen LogP contribution in [0.15, 0.2) is 29.1 Å². The summed E-state index contributed by atoms with van der Waals surface area (Å²) >= 11 is 1.04. The third-order valence-corrected chi connectivity index (χ3v) is 6.74. The molecule has 1 aliphatic rings. The fraction of sp³-hybridized carbons (Fsp3) is 0.417. The fourth-order valence-corrected chi connectivity index (χ4v) is 4.77. The first-order chi connectivity index (χ1) is 17.4. The number of thiazole rings is 1. The average molecular weight is 515 g/mol. The topological polar surface area (TPSA) is 140 Å². The summed E-state index contributed by atoms with van der Waals surface area (Å²) in [6.45, 7) is 7.21. The largest absolute Gasteiger partial charge is 0.462 e. The quantitative estimate of drug-likeness (QED) is 0.423. The molecule has 2 heterocycles. The molecular weight excluding hydrogens is 484 g/mol. The van der Waals surface area contributed by atoms with Crippen LogP contribution < -0.4 is 25.4 Å². The molecule has 1 aliphatic heterocycles. The van der Waals surface area contributed by atoms with E-state index in [2.05, 4.69) is 15.5 Å². The average Bonchev–Trinajstić information content (AvgIpc) is 3.19. The Morgan fingerprint density at radius 1 is 1.17 bits per heavy atom. The van der Waals surface area contributed by atoms with Crippen LogP contribution in [0.3, 0.4) is 0 Å². The molecule has 0 aliphatic carbocycles. The number of nitrogens with one attached hydrogen (secondary N) is 2. The van der Waals surface area contributed by atoms with Crippen LogP contribution in [0.5, 0.6) is 0 Å². The maximum atomic E-state index is 12.8. The number of anilines is 2. The molecule has 192 valence electrons. The zero-order chi connectivity index (χ0) is 26.1. The number of β-amino-alcohol motifs (C(OH)–C–C–N with tert-alkyl or cyclic N) is 1. The molecule has 1 saturated heterocycles. The van der Waals surface area contributed by atoms with Crippen LogP contribution in [-0.2, 0) is 16.1 Å². The number of piperazine rings is 1. The van der Waals surface area contributed by atoms with Crippen molar-refractivity contribution in [2.75, 3.05) is 56.6 Å². The molecule has 0 radical (unpaired) electrons. The van der Waals surface area contributed by atoms with E-state index < -0.39 is 5.97 Å². The maximum absolute atomic E-state index is 12.8. The normalized spacial score (nSPS) is 15.3. The van der Waals surface area contributed by atoms with Crippen molar-refractivity contribution in [3.8, 4) is 6.07 Å². The Hall–Kier alpha value is -3.66. The Morgan fingerprint density at radius 2 is 1.83 bits per heavy atom. The summed E-state index contributed by atoms with van der Waals surface area (Å²) in [5.74, 6) is -0.757. The van der Waals surface area contributed by atoms with Crippen molar-refractivity contribution < 1.29 is 19.4 Å². The lowest BCUT2D eigenvalue weighted by Gasteiger charge is -2.34. The van der Waals surface area contributed by atoms with E-state index in [1.165, 1.54) is 10.8 Å². The van der Waals surface area contributed by atoms with Crippen LogP contribution in [-0.4, -0.2) is 77.4 Å². The number of aliphatic hydroxyl groups excluding tert-OH is 1. The van der Waals surface area contributed by atoms with Gasteiger partial charge < -0.3 is 25.4 Å². The number of nitriles is 1. The number of urea groups is 1. The van der Waals surface area contributed by atoms with Crippen molar-refractivity contribution in [1.29, 1.82) is 5.26 Å². The maximum Gasteiger partial charge on any atom is 0.351 e. The number of ether oxygens (including phenoxy) is 1. The van der Waals surface area contributed by atoms with Gasteiger partial charge in [-0.2, -0.15) is 5.26 Å². The van der Waals surface area contributed by atoms with E-state index in [0.717, 1.165) is 24.4 Å². The van der Waals surface area contributed by atoms with Crippen molar-refractivity contribution in [2.24, 2.45) is 0 Å². The minimum Gasteiger partial charge on any atom is -0.462 e. The van der Waals surface area contributed by atoms with Gasteiger partial charge in [0, 0.05) is 56.8 Å². The predicted molar refractivity (Wildman–Crippen MR) is 138 cm³/mol. The number of carbonyl (C=O) groups is 2. The smallest absolute Gasteiger partial charge is 0.351 e. The third kappa shape index (κ3) is 6.51. The Labute approximate surface area is 212 Å². The number of hydrogen-bond acceptors (Lipinski definition) is 9. The first kappa shape index (κ1) is 26.9. The summed E-state index contributed by atoms with van der Waals surface area (Å²) in [5, 5.41) is 24.4. The van der Waals surface area contributed by atoms with Crippen molar-refractivity contribution in [1.82, 2.24) is 14.4 Å². The summed E-state index contributed by atoms with van der Waals surface area (Å²) in [6.07, 6.45) is 1.53. The highest BCUT2D eigenvalue weighted by molar-refractivity contribution is 7.07. The van der Waals surface area contributed by atoms with Gasteiger partial charge in [-0.15, -0.1) is 11.3 Å². The first-order valence-corrected chi connectivity index (χ1v) is 12.5. The molecule has 3 rings (SSSR count). The van der Waals surface area contributed by atoms with E-state index in [0.29, 0.717) is 42.1 Å². The number of hydrogen-bond donors (Lipinski definition) is 3. The summed E-state index contributed by atoms with van der Waals surface area (Å²) in [6, 6.07) is 8.72. The molecule has 0 spiro atoms. The molecule has 1 aromatic carbocycles. The van der Waals surface area contributed by atoms with Gasteiger partial charge in [0.05, 0.1) is 13.2 Å². The molecule has 2 aromatic rings. The highest BCUT2D eigenvalue weighted by atomic mass is 32.1. The molecule has 1 aromatic heterocycles. The fourth-order valence-electron chi connectivity index (χ4n) is 3.69. The molecule has 3 N–H and O–H groups in total. The zero-order valence-electron chi connectivity index (χ0n) is 20.3. The van der Waals surface area contributed by atoms with E-state index in [4.69, 9.17) is 9.84 Å². The molecule has 2 amide bonds. The Bertz CT molecular complexity index is 1290. The van der Waals surface area contributed by atoms with Gasteiger partial charge in [0.1, 0.15) is 15.3 Å². The Kier molecular flexibility index (Phi) is 9.63. The van der Waals surface area contributed by atoms with E-state index in [-0.39, 0.29) is 35.0 Å². The third-order valence-electron chi connectivity index (χ3n) is 5.61. The van der Waals surface area contributed by atoms with Gasteiger partial charge in [-0.05, 0) is 38.1 Å². The second kappa shape index (κ2) is 12.9. The summed E-state index contributed by atoms with van der Waals surface area (Å²) < 4.78 is 6.90. The molecule has 0 saturated carbocycles. The zero-order valence-corrected chi connectivity index (χ0v) is 21.1. The molecule has 0 unspecified atom stereocenters.